The van der Waals surface area contributed by atoms with Crippen LogP contribution in [0.15, 0.2) is 30.5 Å². The van der Waals surface area contributed by atoms with Crippen LogP contribution in [-0.2, 0) is 0 Å². The number of rotatable bonds is 2. The molecule has 2 rings (SSSR count). The predicted octanol–water partition coefficient (Wildman–Crippen LogP) is 1.79. The van der Waals surface area contributed by atoms with Gasteiger partial charge in [0.2, 0.25) is 5.95 Å². The third-order valence-corrected chi connectivity index (χ3v) is 2.30. The first-order valence-electron chi connectivity index (χ1n) is 4.88. The lowest BCUT2D eigenvalue weighted by Gasteiger charge is -2.04. The Bertz CT molecular complexity index is 604. The Morgan fingerprint density at radius 1 is 1.22 bits per heavy atom. The van der Waals surface area contributed by atoms with Crippen molar-refractivity contribution in [2.24, 2.45) is 0 Å². The van der Waals surface area contributed by atoms with E-state index < -0.39 is 5.91 Å². The molecule has 0 aliphatic heterocycles. The molecule has 0 saturated heterocycles. The number of carbonyl (C=O) groups is 1. The molecular formula is C11H8ClN3O3. The minimum absolute atomic E-state index is 0.0556. The van der Waals surface area contributed by atoms with Gasteiger partial charge in [0.15, 0.2) is 11.5 Å². The van der Waals surface area contributed by atoms with Gasteiger partial charge in [-0.2, -0.15) is 0 Å². The summed E-state index contributed by atoms with van der Waals surface area (Å²) in [5.41, 5.74) is 0.161. The fourth-order valence-corrected chi connectivity index (χ4v) is 1.37. The lowest BCUT2D eigenvalue weighted by molar-refractivity contribution is 0.102. The third-order valence-electron chi connectivity index (χ3n) is 2.08. The molecule has 1 aromatic heterocycles. The number of hydrogen-bond donors (Lipinski definition) is 3. The Labute approximate surface area is 107 Å². The van der Waals surface area contributed by atoms with Crippen LogP contribution < -0.4 is 5.32 Å². The van der Waals surface area contributed by atoms with Crippen molar-refractivity contribution in [2.75, 3.05) is 5.32 Å². The molecule has 0 spiro atoms. The van der Waals surface area contributed by atoms with E-state index in [4.69, 9.17) is 16.7 Å². The average Bonchev–Trinajstić information content (AvgIpc) is 2.32. The van der Waals surface area contributed by atoms with Crippen LogP contribution in [0.5, 0.6) is 11.5 Å². The van der Waals surface area contributed by atoms with E-state index in [1.165, 1.54) is 24.4 Å². The fraction of sp³-hybridized carbons (Fsp3) is 0. The molecule has 3 N–H and O–H groups in total. The molecule has 1 amide bonds. The van der Waals surface area contributed by atoms with Crippen LogP contribution in [-0.4, -0.2) is 26.1 Å². The van der Waals surface area contributed by atoms with Crippen molar-refractivity contribution in [3.63, 3.8) is 0 Å². The van der Waals surface area contributed by atoms with E-state index in [1.807, 2.05) is 0 Å². The normalized spacial score (nSPS) is 10.1. The highest BCUT2D eigenvalue weighted by Crippen LogP contribution is 2.25. The summed E-state index contributed by atoms with van der Waals surface area (Å²) in [5, 5.41) is 21.0. The van der Waals surface area contributed by atoms with Gasteiger partial charge in [0.05, 0.1) is 0 Å². The summed E-state index contributed by atoms with van der Waals surface area (Å²) >= 11 is 5.64. The van der Waals surface area contributed by atoms with Crippen molar-refractivity contribution < 1.29 is 15.0 Å². The van der Waals surface area contributed by atoms with Crippen LogP contribution in [0.3, 0.4) is 0 Å². The number of nitrogens with zero attached hydrogens (tertiary/aromatic N) is 2. The van der Waals surface area contributed by atoms with E-state index in [9.17, 15) is 9.90 Å². The zero-order chi connectivity index (χ0) is 13.1. The lowest BCUT2D eigenvalue weighted by atomic mass is 10.2. The molecule has 0 fully saturated rings. The van der Waals surface area contributed by atoms with Gasteiger partial charge in [-0.25, -0.2) is 9.97 Å². The molecule has 0 atom stereocenters. The van der Waals surface area contributed by atoms with Gasteiger partial charge in [-0.3, -0.25) is 10.1 Å². The van der Waals surface area contributed by atoms with Crippen molar-refractivity contribution in [1.82, 2.24) is 9.97 Å². The van der Waals surface area contributed by atoms with Crippen LogP contribution >= 0.6 is 11.6 Å². The molecule has 0 unspecified atom stereocenters. The highest BCUT2D eigenvalue weighted by atomic mass is 35.5. The van der Waals surface area contributed by atoms with Gasteiger partial charge in [0.1, 0.15) is 5.15 Å². The number of aromatic hydroxyl groups is 2. The van der Waals surface area contributed by atoms with Crippen molar-refractivity contribution in [2.45, 2.75) is 0 Å². The Balaban J connectivity index is 2.19. The number of nitrogens with one attached hydrogen (secondary N) is 1. The van der Waals surface area contributed by atoms with Crippen molar-refractivity contribution in [3.05, 3.63) is 41.2 Å². The van der Waals surface area contributed by atoms with E-state index in [1.54, 1.807) is 0 Å². The summed E-state index contributed by atoms with van der Waals surface area (Å²) in [6.45, 7) is 0. The topological polar surface area (TPSA) is 95.3 Å². The summed E-state index contributed by atoms with van der Waals surface area (Å²) in [6, 6.07) is 5.18. The van der Waals surface area contributed by atoms with Gasteiger partial charge in [0, 0.05) is 11.8 Å². The van der Waals surface area contributed by atoms with E-state index in [0.717, 1.165) is 6.07 Å². The van der Waals surface area contributed by atoms with Crippen molar-refractivity contribution in [3.8, 4) is 11.5 Å². The van der Waals surface area contributed by atoms with Crippen molar-refractivity contribution in [1.29, 1.82) is 0 Å². The number of benzene rings is 1. The van der Waals surface area contributed by atoms with Crippen molar-refractivity contribution >= 4 is 23.5 Å². The molecule has 0 radical (unpaired) electrons. The molecule has 1 heterocycles. The molecule has 1 aromatic carbocycles. The summed E-state index contributed by atoms with van der Waals surface area (Å²) in [5.74, 6) is -1.15. The minimum Gasteiger partial charge on any atom is -0.504 e. The molecule has 0 bridgehead atoms. The Morgan fingerprint density at radius 3 is 2.67 bits per heavy atom. The van der Waals surface area contributed by atoms with E-state index >= 15 is 0 Å². The summed E-state index contributed by atoms with van der Waals surface area (Å²) in [6.07, 6.45) is 1.40. The van der Waals surface area contributed by atoms with Crippen LogP contribution in [0.25, 0.3) is 0 Å². The molecule has 6 nitrogen and oxygen atoms in total. The van der Waals surface area contributed by atoms with Gasteiger partial charge >= 0.3 is 0 Å². The highest BCUT2D eigenvalue weighted by Gasteiger charge is 2.10. The second kappa shape index (κ2) is 4.89. The fourth-order valence-electron chi connectivity index (χ4n) is 1.24. The molecule has 0 aliphatic carbocycles. The number of phenols is 2. The predicted molar refractivity (Wildman–Crippen MR) is 64.8 cm³/mol. The average molecular weight is 266 g/mol. The van der Waals surface area contributed by atoms with Crippen LogP contribution in [0, 0.1) is 0 Å². The maximum atomic E-state index is 11.8. The van der Waals surface area contributed by atoms with Gasteiger partial charge in [-0.05, 0) is 24.3 Å². The minimum atomic E-state index is -0.521. The molecule has 18 heavy (non-hydrogen) atoms. The molecule has 2 aromatic rings. The summed E-state index contributed by atoms with van der Waals surface area (Å²) in [4.78, 5) is 19.4. The van der Waals surface area contributed by atoms with Gasteiger partial charge in [-0.15, -0.1) is 0 Å². The monoisotopic (exact) mass is 265 g/mol. The highest BCUT2D eigenvalue weighted by molar-refractivity contribution is 6.29. The number of carbonyl (C=O) groups excluding carboxylic acids is 1. The molecule has 7 heteroatoms. The van der Waals surface area contributed by atoms with E-state index in [0.29, 0.717) is 0 Å². The zero-order valence-electron chi connectivity index (χ0n) is 8.96. The molecule has 0 saturated carbocycles. The van der Waals surface area contributed by atoms with Gasteiger partial charge in [-0.1, -0.05) is 11.6 Å². The first kappa shape index (κ1) is 12.1. The number of aromatic nitrogens is 2. The SMILES string of the molecule is O=C(Nc1nccc(Cl)n1)c1ccc(O)c(O)c1. The Hall–Kier alpha value is -2.34. The maximum Gasteiger partial charge on any atom is 0.258 e. The number of phenolic OH excluding ortho intramolecular Hbond substituents is 2. The Kier molecular flexibility index (Phi) is 3.29. The molecule has 0 aliphatic rings. The smallest absolute Gasteiger partial charge is 0.258 e. The first-order chi connectivity index (χ1) is 8.56. The van der Waals surface area contributed by atoms with Crippen LogP contribution in [0.1, 0.15) is 10.4 Å². The number of hydrogen-bond acceptors (Lipinski definition) is 5. The Morgan fingerprint density at radius 2 is 2.00 bits per heavy atom. The molecule has 92 valence electrons. The lowest BCUT2D eigenvalue weighted by Crippen LogP contribution is -2.13. The molecular weight excluding hydrogens is 258 g/mol. The largest absolute Gasteiger partial charge is 0.504 e. The number of halogens is 1. The first-order valence-corrected chi connectivity index (χ1v) is 5.26. The quantitative estimate of drug-likeness (QED) is 0.568. The second-order valence-corrected chi connectivity index (χ2v) is 3.75. The van der Waals surface area contributed by atoms with E-state index in [-0.39, 0.29) is 28.2 Å². The maximum absolute atomic E-state index is 11.8. The third kappa shape index (κ3) is 2.67. The second-order valence-electron chi connectivity index (χ2n) is 3.36. The standard InChI is InChI=1S/C11H8ClN3O3/c12-9-3-4-13-11(14-9)15-10(18)6-1-2-7(16)8(17)5-6/h1-5,16-17H,(H,13,14,15,18). The van der Waals surface area contributed by atoms with E-state index in [2.05, 4.69) is 15.3 Å². The zero-order valence-corrected chi connectivity index (χ0v) is 9.72. The summed E-state index contributed by atoms with van der Waals surface area (Å²) in [7, 11) is 0. The van der Waals surface area contributed by atoms with Gasteiger partial charge in [0.25, 0.3) is 5.91 Å². The number of anilines is 1. The number of amides is 1. The van der Waals surface area contributed by atoms with Gasteiger partial charge < -0.3 is 10.2 Å². The van der Waals surface area contributed by atoms with Crippen LogP contribution in [0.4, 0.5) is 5.95 Å². The summed E-state index contributed by atoms with van der Waals surface area (Å²) < 4.78 is 0. The van der Waals surface area contributed by atoms with Crippen LogP contribution in [0.2, 0.25) is 5.15 Å².